The van der Waals surface area contributed by atoms with Crippen LogP contribution < -0.4 is 5.32 Å². The van der Waals surface area contributed by atoms with Crippen LogP contribution in [0.4, 0.5) is 5.95 Å². The molecule has 9 nitrogen and oxygen atoms in total. The van der Waals surface area contributed by atoms with Gasteiger partial charge >= 0.3 is 0 Å². The van der Waals surface area contributed by atoms with Crippen LogP contribution in [-0.2, 0) is 0 Å². The number of thiazole rings is 1. The molecule has 1 aliphatic rings. The number of carbonyl (C=O) groups excluding carboxylic acids is 1. The number of rotatable bonds is 5. The number of pyridine rings is 1. The van der Waals surface area contributed by atoms with Crippen molar-refractivity contribution in [1.82, 2.24) is 29.2 Å². The zero-order valence-electron chi connectivity index (χ0n) is 19.3. The molecule has 5 heterocycles. The fourth-order valence-electron chi connectivity index (χ4n) is 4.58. The maximum absolute atomic E-state index is 12.9. The third-order valence-corrected chi connectivity index (χ3v) is 7.01. The molecule has 1 aromatic carbocycles. The smallest absolute Gasteiger partial charge is 0.254 e. The van der Waals surface area contributed by atoms with Crippen molar-refractivity contribution in [2.75, 3.05) is 18.4 Å². The molecule has 0 saturated carbocycles. The van der Waals surface area contributed by atoms with Crippen molar-refractivity contribution < 1.29 is 9.90 Å². The van der Waals surface area contributed by atoms with Crippen LogP contribution in [0.5, 0.6) is 5.75 Å². The molecule has 5 aromatic rings. The largest absolute Gasteiger partial charge is 0.508 e. The molecule has 1 fully saturated rings. The lowest BCUT2D eigenvalue weighted by Crippen LogP contribution is -2.45. The fourth-order valence-corrected chi connectivity index (χ4v) is 5.30. The molecule has 4 aromatic heterocycles. The number of nitrogens with one attached hydrogen (secondary N) is 1. The molecule has 0 bridgehead atoms. The van der Waals surface area contributed by atoms with Crippen LogP contribution in [0, 0.1) is 0 Å². The van der Waals surface area contributed by atoms with Gasteiger partial charge in [-0.05, 0) is 43.2 Å². The monoisotopic (exact) mass is 497 g/mol. The Morgan fingerprint density at radius 2 is 2.00 bits per heavy atom. The molecule has 0 radical (unpaired) electrons. The molecule has 0 unspecified atom stereocenters. The Morgan fingerprint density at radius 3 is 2.86 bits per heavy atom. The first-order valence-electron chi connectivity index (χ1n) is 11.7. The van der Waals surface area contributed by atoms with Crippen molar-refractivity contribution in [3.63, 3.8) is 0 Å². The number of hydrogen-bond acceptors (Lipinski definition) is 8. The van der Waals surface area contributed by atoms with Gasteiger partial charge in [0.2, 0.25) is 5.95 Å². The summed E-state index contributed by atoms with van der Waals surface area (Å²) >= 11 is 1.54. The van der Waals surface area contributed by atoms with Crippen LogP contribution in [0.2, 0.25) is 0 Å². The van der Waals surface area contributed by atoms with E-state index in [1.165, 1.54) is 11.3 Å². The second-order valence-corrected chi connectivity index (χ2v) is 9.52. The topological polar surface area (TPSA) is 109 Å². The van der Waals surface area contributed by atoms with Gasteiger partial charge in [-0.3, -0.25) is 14.2 Å². The Labute approximate surface area is 211 Å². The summed E-state index contributed by atoms with van der Waals surface area (Å²) < 4.78 is 2.01. The third kappa shape index (κ3) is 4.27. The van der Waals surface area contributed by atoms with E-state index in [1.54, 1.807) is 48.9 Å². The first-order chi connectivity index (χ1) is 17.7. The number of piperidine rings is 1. The normalized spacial score (nSPS) is 15.8. The van der Waals surface area contributed by atoms with E-state index in [9.17, 15) is 9.90 Å². The molecule has 0 aliphatic carbocycles. The number of hydrogen-bond donors (Lipinski definition) is 2. The van der Waals surface area contributed by atoms with Crippen LogP contribution >= 0.6 is 11.3 Å². The number of benzene rings is 1. The minimum Gasteiger partial charge on any atom is -0.508 e. The van der Waals surface area contributed by atoms with Gasteiger partial charge in [-0.25, -0.2) is 15.0 Å². The Hall–Kier alpha value is -4.31. The summed E-state index contributed by atoms with van der Waals surface area (Å²) in [7, 11) is 0. The van der Waals surface area contributed by atoms with Crippen molar-refractivity contribution in [2.24, 2.45) is 0 Å². The number of imidazole rings is 1. The Kier molecular flexibility index (Phi) is 5.78. The maximum Gasteiger partial charge on any atom is 0.254 e. The van der Waals surface area contributed by atoms with E-state index in [2.05, 4.69) is 15.3 Å². The molecule has 180 valence electrons. The summed E-state index contributed by atoms with van der Waals surface area (Å²) in [6.07, 6.45) is 8.78. The lowest BCUT2D eigenvalue weighted by Gasteiger charge is -2.33. The van der Waals surface area contributed by atoms with Gasteiger partial charge in [-0.2, -0.15) is 0 Å². The summed E-state index contributed by atoms with van der Waals surface area (Å²) in [5.74, 6) is 0.694. The van der Waals surface area contributed by atoms with Gasteiger partial charge in [0.05, 0.1) is 11.4 Å². The number of carbonyl (C=O) groups is 1. The van der Waals surface area contributed by atoms with Gasteiger partial charge in [0, 0.05) is 60.4 Å². The average Bonchev–Trinajstić information content (AvgIpc) is 3.51. The minimum atomic E-state index is 0.00781. The second-order valence-electron chi connectivity index (χ2n) is 8.65. The van der Waals surface area contributed by atoms with Crippen LogP contribution in [0.25, 0.3) is 27.6 Å². The first-order valence-corrected chi connectivity index (χ1v) is 12.6. The summed E-state index contributed by atoms with van der Waals surface area (Å²) in [6, 6.07) is 12.5. The molecule has 1 atom stereocenters. The van der Waals surface area contributed by atoms with Crippen molar-refractivity contribution >= 4 is 28.2 Å². The number of phenols is 1. The van der Waals surface area contributed by atoms with E-state index >= 15 is 0 Å². The van der Waals surface area contributed by atoms with Crippen LogP contribution in [0.1, 0.15) is 23.2 Å². The summed E-state index contributed by atoms with van der Waals surface area (Å²) in [5.41, 5.74) is 3.75. The molecule has 6 rings (SSSR count). The molecular weight excluding hydrogens is 474 g/mol. The quantitative estimate of drug-likeness (QED) is 0.372. The number of phenolic OH excluding ortho intramolecular Hbond substituents is 1. The van der Waals surface area contributed by atoms with Crippen molar-refractivity contribution in [1.29, 1.82) is 0 Å². The van der Waals surface area contributed by atoms with Crippen LogP contribution in [0.15, 0.2) is 72.6 Å². The van der Waals surface area contributed by atoms with Gasteiger partial charge in [0.1, 0.15) is 11.4 Å². The van der Waals surface area contributed by atoms with Crippen LogP contribution in [-0.4, -0.2) is 59.4 Å². The van der Waals surface area contributed by atoms with Crippen molar-refractivity contribution in [3.05, 3.63) is 78.2 Å². The molecular formula is C26H23N7O2S. The minimum absolute atomic E-state index is 0.00781. The zero-order chi connectivity index (χ0) is 24.5. The number of anilines is 1. The lowest BCUT2D eigenvalue weighted by molar-refractivity contribution is 0.0714. The number of fused-ring (bicyclic) bond motifs is 1. The maximum atomic E-state index is 12.9. The number of nitrogens with zero attached hydrogens (tertiary/aromatic N) is 6. The first kappa shape index (κ1) is 22.2. The SMILES string of the molecule is O=C(c1ccncc1)N1CCC[C@@H](Nc2nccc(-c3c(-c4cccc(O)c4)nc4sccn34)n2)C1. The molecule has 36 heavy (non-hydrogen) atoms. The average molecular weight is 498 g/mol. The highest BCUT2D eigenvalue weighted by Crippen LogP contribution is 2.34. The lowest BCUT2D eigenvalue weighted by atomic mass is 10.0. The van der Waals surface area contributed by atoms with Gasteiger partial charge < -0.3 is 15.3 Å². The van der Waals surface area contributed by atoms with Crippen molar-refractivity contribution in [2.45, 2.75) is 18.9 Å². The highest BCUT2D eigenvalue weighted by molar-refractivity contribution is 7.15. The van der Waals surface area contributed by atoms with Crippen LogP contribution in [0.3, 0.4) is 0 Å². The van der Waals surface area contributed by atoms with Gasteiger partial charge in [-0.15, -0.1) is 11.3 Å². The summed E-state index contributed by atoms with van der Waals surface area (Å²) in [6.45, 7) is 1.30. The van der Waals surface area contributed by atoms with E-state index in [0.29, 0.717) is 18.1 Å². The number of amides is 1. The predicted molar refractivity (Wildman–Crippen MR) is 138 cm³/mol. The molecule has 1 saturated heterocycles. The van der Waals surface area contributed by atoms with Crippen molar-refractivity contribution in [3.8, 4) is 28.4 Å². The standard InChI is InChI=1S/C26H23N7O2S/c34-20-5-1-3-18(15-20)22-23(33-13-14-36-26(33)31-22)21-8-11-28-25(30-21)29-19-4-2-12-32(16-19)24(35)17-6-9-27-10-7-17/h1,3,5-11,13-15,19,34H,2,4,12,16H2,(H,28,29,30)/t19-/m1/s1. The van der Waals surface area contributed by atoms with E-state index in [0.717, 1.165) is 47.0 Å². The van der Waals surface area contributed by atoms with Gasteiger partial charge in [-0.1, -0.05) is 12.1 Å². The zero-order valence-corrected chi connectivity index (χ0v) is 20.1. The molecule has 1 amide bonds. The number of aromatic nitrogens is 5. The Balaban J connectivity index is 1.27. The van der Waals surface area contributed by atoms with Gasteiger partial charge in [0.25, 0.3) is 5.91 Å². The predicted octanol–water partition coefficient (Wildman–Crippen LogP) is 4.34. The molecule has 2 N–H and O–H groups in total. The summed E-state index contributed by atoms with van der Waals surface area (Å²) in [4.78, 5) is 33.7. The third-order valence-electron chi connectivity index (χ3n) is 6.25. The molecule has 0 spiro atoms. The van der Waals surface area contributed by atoms with Gasteiger partial charge in [0.15, 0.2) is 4.96 Å². The van der Waals surface area contributed by atoms with E-state index in [1.807, 2.05) is 33.0 Å². The Morgan fingerprint density at radius 1 is 1.11 bits per heavy atom. The number of likely N-dealkylation sites (tertiary alicyclic amines) is 1. The van der Waals surface area contributed by atoms with E-state index < -0.39 is 0 Å². The molecule has 10 heteroatoms. The Bertz CT molecular complexity index is 1530. The molecule has 1 aliphatic heterocycles. The number of aromatic hydroxyl groups is 1. The second kappa shape index (κ2) is 9.38. The van der Waals surface area contributed by atoms with E-state index in [4.69, 9.17) is 9.97 Å². The highest BCUT2D eigenvalue weighted by atomic mass is 32.1. The van der Waals surface area contributed by atoms with E-state index in [-0.39, 0.29) is 17.7 Å². The fraction of sp³-hybridized carbons (Fsp3) is 0.192. The highest BCUT2D eigenvalue weighted by Gasteiger charge is 2.25. The summed E-state index contributed by atoms with van der Waals surface area (Å²) in [5, 5.41) is 15.4.